The highest BCUT2D eigenvalue weighted by molar-refractivity contribution is 6.31. The second kappa shape index (κ2) is 4.71. The van der Waals surface area contributed by atoms with E-state index in [1.807, 2.05) is 0 Å². The Bertz CT molecular complexity index is 406. The largest absolute Gasteiger partial charge is 0.417 e. The van der Waals surface area contributed by atoms with Crippen LogP contribution in [0.2, 0.25) is 5.02 Å². The maximum Gasteiger partial charge on any atom is 0.417 e. The maximum atomic E-state index is 12.3. The normalized spacial score (nSPS) is 11.3. The van der Waals surface area contributed by atoms with Crippen LogP contribution in [-0.2, 0) is 12.6 Å². The van der Waals surface area contributed by atoms with Crippen molar-refractivity contribution in [1.29, 1.82) is 5.41 Å². The molecule has 0 spiro atoms. The van der Waals surface area contributed by atoms with Crippen LogP contribution in [0.15, 0.2) is 18.2 Å². The average Bonchev–Trinajstić information content (AvgIpc) is 2.15. The lowest BCUT2D eigenvalue weighted by Crippen LogP contribution is -2.20. The van der Waals surface area contributed by atoms with Gasteiger partial charge in [-0.2, -0.15) is 13.2 Å². The molecule has 0 saturated heterocycles. The van der Waals surface area contributed by atoms with E-state index in [0.717, 1.165) is 12.1 Å². The number of hydroxylamine groups is 1. The number of benzene rings is 1. The third-order valence-electron chi connectivity index (χ3n) is 1.85. The lowest BCUT2D eigenvalue weighted by molar-refractivity contribution is -0.137. The minimum absolute atomic E-state index is 0.0195. The Morgan fingerprint density at radius 3 is 2.50 bits per heavy atom. The second-order valence-electron chi connectivity index (χ2n) is 3.08. The van der Waals surface area contributed by atoms with Gasteiger partial charge >= 0.3 is 6.18 Å². The summed E-state index contributed by atoms with van der Waals surface area (Å²) in [6.45, 7) is 0. The summed E-state index contributed by atoms with van der Waals surface area (Å²) < 4.78 is 37.0. The monoisotopic (exact) mass is 252 g/mol. The fourth-order valence-electron chi connectivity index (χ4n) is 1.14. The summed E-state index contributed by atoms with van der Waals surface area (Å²) in [7, 11) is 0. The summed E-state index contributed by atoms with van der Waals surface area (Å²) >= 11 is 5.47. The molecule has 0 amide bonds. The maximum absolute atomic E-state index is 12.3. The number of nitrogens with one attached hydrogen (secondary N) is 2. The van der Waals surface area contributed by atoms with Crippen molar-refractivity contribution in [3.05, 3.63) is 34.3 Å². The highest BCUT2D eigenvalue weighted by atomic mass is 35.5. The van der Waals surface area contributed by atoms with Gasteiger partial charge in [0, 0.05) is 6.42 Å². The molecule has 1 rings (SSSR count). The van der Waals surface area contributed by atoms with Gasteiger partial charge in [0.25, 0.3) is 0 Å². The Morgan fingerprint density at radius 2 is 2.06 bits per heavy atom. The average molecular weight is 253 g/mol. The van der Waals surface area contributed by atoms with Gasteiger partial charge in [0.15, 0.2) is 0 Å². The van der Waals surface area contributed by atoms with Crippen LogP contribution < -0.4 is 5.48 Å². The van der Waals surface area contributed by atoms with Crippen LogP contribution >= 0.6 is 11.6 Å². The smallest absolute Gasteiger partial charge is 0.290 e. The third kappa shape index (κ3) is 3.11. The van der Waals surface area contributed by atoms with Gasteiger partial charge in [-0.15, -0.1) is 0 Å². The first-order valence-electron chi connectivity index (χ1n) is 4.17. The molecular formula is C9H8ClF3N2O. The molecule has 0 heterocycles. The molecule has 0 fully saturated rings. The Labute approximate surface area is 94.3 Å². The lowest BCUT2D eigenvalue weighted by atomic mass is 10.1. The zero-order valence-corrected chi connectivity index (χ0v) is 8.65. The van der Waals surface area contributed by atoms with Gasteiger partial charge in [-0.1, -0.05) is 17.7 Å². The zero-order chi connectivity index (χ0) is 12.3. The van der Waals surface area contributed by atoms with Gasteiger partial charge in [-0.3, -0.25) is 16.1 Å². The first-order valence-corrected chi connectivity index (χ1v) is 4.55. The van der Waals surface area contributed by atoms with E-state index in [1.165, 1.54) is 6.07 Å². The van der Waals surface area contributed by atoms with Crippen molar-refractivity contribution in [2.75, 3.05) is 0 Å². The fourth-order valence-corrected chi connectivity index (χ4v) is 1.45. The molecule has 3 N–H and O–H groups in total. The summed E-state index contributed by atoms with van der Waals surface area (Å²) in [4.78, 5) is 0. The standard InChI is InChI=1S/C9H8ClF3N2O/c10-7-3-5(4-8(14)15-16)1-2-6(7)9(11,12)13/h1-3,16H,4H2,(H2,14,15). The lowest BCUT2D eigenvalue weighted by Gasteiger charge is -2.10. The predicted octanol–water partition coefficient (Wildman–Crippen LogP) is 2.86. The van der Waals surface area contributed by atoms with Gasteiger partial charge < -0.3 is 0 Å². The van der Waals surface area contributed by atoms with Gasteiger partial charge in [-0.05, 0) is 17.7 Å². The minimum atomic E-state index is -4.49. The van der Waals surface area contributed by atoms with Crippen molar-refractivity contribution < 1.29 is 18.4 Å². The van der Waals surface area contributed by atoms with Crippen LogP contribution in [0.4, 0.5) is 13.2 Å². The Hall–Kier alpha value is -1.27. The molecule has 0 saturated carbocycles. The molecule has 1 aromatic carbocycles. The number of rotatable bonds is 2. The molecule has 88 valence electrons. The summed E-state index contributed by atoms with van der Waals surface area (Å²) in [6.07, 6.45) is -4.51. The molecule has 0 radical (unpaired) electrons. The molecule has 0 aliphatic rings. The van der Waals surface area contributed by atoms with Crippen LogP contribution in [-0.4, -0.2) is 11.0 Å². The predicted molar refractivity (Wildman–Crippen MR) is 52.8 cm³/mol. The van der Waals surface area contributed by atoms with Crippen molar-refractivity contribution >= 4 is 17.4 Å². The van der Waals surface area contributed by atoms with Crippen LogP contribution in [0.3, 0.4) is 0 Å². The number of hydrogen-bond donors (Lipinski definition) is 3. The Morgan fingerprint density at radius 1 is 1.44 bits per heavy atom. The molecule has 0 aliphatic carbocycles. The Balaban J connectivity index is 2.96. The number of amidine groups is 1. The van der Waals surface area contributed by atoms with Crippen LogP contribution in [0.5, 0.6) is 0 Å². The van der Waals surface area contributed by atoms with E-state index in [0.29, 0.717) is 5.56 Å². The number of alkyl halides is 3. The highest BCUT2D eigenvalue weighted by Gasteiger charge is 2.32. The van der Waals surface area contributed by atoms with Crippen LogP contribution in [0.25, 0.3) is 0 Å². The summed E-state index contributed by atoms with van der Waals surface area (Å²) in [5.41, 5.74) is 1.09. The third-order valence-corrected chi connectivity index (χ3v) is 2.17. The van der Waals surface area contributed by atoms with Crippen LogP contribution in [0.1, 0.15) is 11.1 Å². The number of hydrogen-bond acceptors (Lipinski definition) is 2. The van der Waals surface area contributed by atoms with Crippen molar-refractivity contribution in [2.45, 2.75) is 12.6 Å². The second-order valence-corrected chi connectivity index (χ2v) is 3.49. The topological polar surface area (TPSA) is 56.1 Å². The molecule has 0 atom stereocenters. The summed E-state index contributed by atoms with van der Waals surface area (Å²) in [5, 5.41) is 15.0. The first kappa shape index (κ1) is 12.8. The molecule has 0 aliphatic heterocycles. The fraction of sp³-hybridized carbons (Fsp3) is 0.222. The van der Waals surface area contributed by atoms with Gasteiger partial charge in [0.2, 0.25) is 0 Å². The van der Waals surface area contributed by atoms with E-state index >= 15 is 0 Å². The molecule has 3 nitrogen and oxygen atoms in total. The SMILES string of the molecule is N=C(Cc1ccc(C(F)(F)F)c(Cl)c1)NO. The van der Waals surface area contributed by atoms with E-state index in [9.17, 15) is 13.2 Å². The van der Waals surface area contributed by atoms with Crippen LogP contribution in [0, 0.1) is 5.41 Å². The molecule has 16 heavy (non-hydrogen) atoms. The van der Waals surface area contributed by atoms with Crippen molar-refractivity contribution in [2.24, 2.45) is 0 Å². The van der Waals surface area contributed by atoms with E-state index < -0.39 is 16.8 Å². The summed E-state index contributed by atoms with van der Waals surface area (Å²) in [5.74, 6) is -0.226. The summed E-state index contributed by atoms with van der Waals surface area (Å²) in [6, 6.07) is 3.18. The van der Waals surface area contributed by atoms with E-state index in [-0.39, 0.29) is 12.3 Å². The molecule has 0 bridgehead atoms. The Kier molecular flexibility index (Phi) is 3.77. The van der Waals surface area contributed by atoms with E-state index in [2.05, 4.69) is 0 Å². The first-order chi connectivity index (χ1) is 7.34. The molecule has 7 heteroatoms. The number of halogens is 4. The quantitative estimate of drug-likeness (QED) is 0.431. The van der Waals surface area contributed by atoms with Crippen molar-refractivity contribution in [3.63, 3.8) is 0 Å². The molecule has 0 unspecified atom stereocenters. The minimum Gasteiger partial charge on any atom is -0.290 e. The van der Waals surface area contributed by atoms with Crippen molar-refractivity contribution in [1.82, 2.24) is 5.48 Å². The molecule has 1 aromatic rings. The zero-order valence-electron chi connectivity index (χ0n) is 7.90. The van der Waals surface area contributed by atoms with Gasteiger partial charge in [0.05, 0.1) is 10.6 Å². The van der Waals surface area contributed by atoms with E-state index in [1.54, 1.807) is 5.48 Å². The highest BCUT2D eigenvalue weighted by Crippen LogP contribution is 2.34. The van der Waals surface area contributed by atoms with E-state index in [4.69, 9.17) is 22.2 Å². The van der Waals surface area contributed by atoms with Gasteiger partial charge in [0.1, 0.15) is 5.84 Å². The molecular weight excluding hydrogens is 245 g/mol. The van der Waals surface area contributed by atoms with Crippen molar-refractivity contribution in [3.8, 4) is 0 Å². The molecule has 0 aromatic heterocycles. The van der Waals surface area contributed by atoms with Gasteiger partial charge in [-0.25, -0.2) is 0 Å².